The van der Waals surface area contributed by atoms with Crippen molar-refractivity contribution in [1.82, 2.24) is 4.90 Å². The van der Waals surface area contributed by atoms with Gasteiger partial charge in [0.1, 0.15) is 5.25 Å². The number of halogens is 1. The second-order valence-electron chi connectivity index (χ2n) is 6.27. The van der Waals surface area contributed by atoms with E-state index >= 15 is 0 Å². The molecule has 0 saturated carbocycles. The van der Waals surface area contributed by atoms with Gasteiger partial charge in [0.2, 0.25) is 11.8 Å². The van der Waals surface area contributed by atoms with Crippen molar-refractivity contribution in [3.05, 3.63) is 72.3 Å². The molecular formula is C20H18ClN3O4S2. The molecule has 10 heteroatoms. The Morgan fingerprint density at radius 2 is 1.87 bits per heavy atom. The van der Waals surface area contributed by atoms with Crippen LogP contribution in [0.4, 0.5) is 5.69 Å². The van der Waals surface area contributed by atoms with Gasteiger partial charge in [-0.25, -0.2) is 0 Å². The summed E-state index contributed by atoms with van der Waals surface area (Å²) in [5, 5.41) is 2.33. The van der Waals surface area contributed by atoms with Gasteiger partial charge in [0, 0.05) is 23.7 Å². The Hall–Kier alpha value is -2.62. The molecule has 3 rings (SSSR count). The molecule has 156 valence electrons. The van der Waals surface area contributed by atoms with Crippen molar-refractivity contribution in [3.8, 4) is 0 Å². The molecule has 0 bridgehead atoms. The monoisotopic (exact) mass is 463 g/mol. The molecule has 0 spiro atoms. The highest BCUT2D eigenvalue weighted by atomic mass is 35.5. The lowest BCUT2D eigenvalue weighted by atomic mass is 10.2. The van der Waals surface area contributed by atoms with E-state index in [2.05, 4.69) is 16.3 Å². The van der Waals surface area contributed by atoms with Gasteiger partial charge in [-0.15, -0.1) is 11.0 Å². The summed E-state index contributed by atoms with van der Waals surface area (Å²) in [5.41, 5.74) is 0.611. The number of anilines is 1. The number of thioether (sulfide) groups is 1. The number of nitrogens with zero attached hydrogens (tertiary/aromatic N) is 2. The van der Waals surface area contributed by atoms with E-state index in [1.165, 1.54) is 35.2 Å². The molecule has 0 aliphatic carbocycles. The number of amidine groups is 1. The first kappa shape index (κ1) is 22.1. The predicted octanol–water partition coefficient (Wildman–Crippen LogP) is 3.54. The first-order valence-corrected chi connectivity index (χ1v) is 11.5. The van der Waals surface area contributed by atoms with Crippen LogP contribution in [0, 0.1) is 0 Å². The molecule has 1 N–H and O–H groups in total. The summed E-state index contributed by atoms with van der Waals surface area (Å²) < 4.78 is 29.1. The van der Waals surface area contributed by atoms with Gasteiger partial charge >= 0.3 is 0 Å². The molecule has 0 unspecified atom stereocenters. The summed E-state index contributed by atoms with van der Waals surface area (Å²) in [4.78, 5) is 26.3. The molecule has 2 amide bonds. The second-order valence-corrected chi connectivity index (χ2v) is 9.48. The van der Waals surface area contributed by atoms with Gasteiger partial charge in [-0.1, -0.05) is 47.6 Å². The predicted molar refractivity (Wildman–Crippen MR) is 119 cm³/mol. The fourth-order valence-electron chi connectivity index (χ4n) is 2.67. The second kappa shape index (κ2) is 9.46. The van der Waals surface area contributed by atoms with E-state index in [0.29, 0.717) is 10.7 Å². The van der Waals surface area contributed by atoms with Crippen molar-refractivity contribution in [2.75, 3.05) is 11.9 Å². The van der Waals surface area contributed by atoms with Crippen LogP contribution in [0.5, 0.6) is 0 Å². The highest BCUT2D eigenvalue weighted by Crippen LogP contribution is 2.31. The number of rotatable bonds is 7. The van der Waals surface area contributed by atoms with E-state index in [1.54, 1.807) is 24.3 Å². The van der Waals surface area contributed by atoms with Gasteiger partial charge in [-0.05, 0) is 36.4 Å². The number of benzene rings is 2. The van der Waals surface area contributed by atoms with Crippen molar-refractivity contribution >= 4 is 56.1 Å². The lowest BCUT2D eigenvalue weighted by Crippen LogP contribution is -2.33. The van der Waals surface area contributed by atoms with Crippen LogP contribution in [0.1, 0.15) is 6.42 Å². The van der Waals surface area contributed by atoms with Crippen LogP contribution in [-0.4, -0.2) is 42.1 Å². The molecule has 1 saturated heterocycles. The molecule has 0 radical (unpaired) electrons. The topological polar surface area (TPSA) is 95.9 Å². The zero-order valence-corrected chi connectivity index (χ0v) is 18.1. The fourth-order valence-corrected chi connectivity index (χ4v) is 5.16. The number of amides is 2. The SMILES string of the molecule is C=CCN1C(=O)[C@H](CC(=O)Nc2ccccc2)SC1=NS(=O)(=O)c1ccc(Cl)cc1. The quantitative estimate of drug-likeness (QED) is 0.633. The first-order chi connectivity index (χ1) is 14.3. The highest BCUT2D eigenvalue weighted by molar-refractivity contribution is 8.16. The smallest absolute Gasteiger partial charge is 0.284 e. The van der Waals surface area contributed by atoms with Crippen LogP contribution < -0.4 is 5.32 Å². The molecule has 1 atom stereocenters. The summed E-state index contributed by atoms with van der Waals surface area (Å²) in [6, 6.07) is 14.4. The zero-order chi connectivity index (χ0) is 21.7. The summed E-state index contributed by atoms with van der Waals surface area (Å²) in [6.45, 7) is 3.68. The van der Waals surface area contributed by atoms with Crippen molar-refractivity contribution in [2.45, 2.75) is 16.6 Å². The van der Waals surface area contributed by atoms with Crippen LogP contribution in [0.3, 0.4) is 0 Å². The minimum Gasteiger partial charge on any atom is -0.326 e. The number of para-hydroxylation sites is 1. The molecule has 2 aromatic carbocycles. The van der Waals surface area contributed by atoms with Crippen molar-refractivity contribution < 1.29 is 18.0 Å². The maximum absolute atomic E-state index is 12.7. The minimum atomic E-state index is -4.06. The molecule has 1 fully saturated rings. The molecule has 1 aliphatic heterocycles. The molecule has 30 heavy (non-hydrogen) atoms. The summed E-state index contributed by atoms with van der Waals surface area (Å²) in [7, 11) is -4.06. The Morgan fingerprint density at radius 1 is 1.20 bits per heavy atom. The van der Waals surface area contributed by atoms with Gasteiger partial charge < -0.3 is 5.32 Å². The third-order valence-electron chi connectivity index (χ3n) is 4.07. The van der Waals surface area contributed by atoms with Crippen molar-refractivity contribution in [2.24, 2.45) is 4.40 Å². The Morgan fingerprint density at radius 3 is 2.50 bits per heavy atom. The van der Waals surface area contributed by atoms with Crippen LogP contribution in [0.2, 0.25) is 5.02 Å². The van der Waals surface area contributed by atoms with E-state index in [9.17, 15) is 18.0 Å². The van der Waals surface area contributed by atoms with Crippen molar-refractivity contribution in [1.29, 1.82) is 0 Å². The first-order valence-electron chi connectivity index (χ1n) is 8.84. The van der Waals surface area contributed by atoms with Crippen LogP contribution >= 0.6 is 23.4 Å². The number of nitrogens with one attached hydrogen (secondary N) is 1. The Bertz CT molecular complexity index is 1090. The van der Waals surface area contributed by atoms with E-state index in [1.807, 2.05) is 6.07 Å². The standard InChI is InChI=1S/C20H18ClN3O4S2/c1-2-12-24-19(26)17(13-18(25)22-15-6-4-3-5-7-15)29-20(24)23-30(27,28)16-10-8-14(21)9-11-16/h2-11,17H,1,12-13H2,(H,22,25)/t17-/m0/s1. The number of carbonyl (C=O) groups is 2. The Labute approximate surface area is 183 Å². The highest BCUT2D eigenvalue weighted by Gasteiger charge is 2.39. The average Bonchev–Trinajstić information content (AvgIpc) is 2.97. The molecular weight excluding hydrogens is 446 g/mol. The largest absolute Gasteiger partial charge is 0.326 e. The van der Waals surface area contributed by atoms with Gasteiger partial charge in [0.25, 0.3) is 10.0 Å². The average molecular weight is 464 g/mol. The van der Waals surface area contributed by atoms with Gasteiger partial charge in [0.05, 0.1) is 4.90 Å². The van der Waals surface area contributed by atoms with E-state index < -0.39 is 21.2 Å². The summed E-state index contributed by atoms with van der Waals surface area (Å²) >= 11 is 6.75. The number of hydrogen-bond acceptors (Lipinski definition) is 5. The lowest BCUT2D eigenvalue weighted by molar-refractivity contribution is -0.127. The number of sulfonamides is 1. The van der Waals surface area contributed by atoms with Gasteiger partial charge in [-0.3, -0.25) is 14.5 Å². The van der Waals surface area contributed by atoms with Gasteiger partial charge in [0.15, 0.2) is 5.17 Å². The zero-order valence-electron chi connectivity index (χ0n) is 15.7. The molecule has 7 nitrogen and oxygen atoms in total. The van der Waals surface area contributed by atoms with E-state index in [0.717, 1.165) is 11.8 Å². The summed E-state index contributed by atoms with van der Waals surface area (Å²) in [6.07, 6.45) is 1.35. The maximum Gasteiger partial charge on any atom is 0.284 e. The van der Waals surface area contributed by atoms with Crippen LogP contribution in [0.25, 0.3) is 0 Å². The third kappa shape index (κ3) is 5.29. The number of hydrogen-bond donors (Lipinski definition) is 1. The number of carbonyl (C=O) groups excluding carboxylic acids is 2. The molecule has 2 aromatic rings. The molecule has 1 heterocycles. The maximum atomic E-state index is 12.7. The van der Waals surface area contributed by atoms with Gasteiger partial charge in [-0.2, -0.15) is 8.42 Å². The molecule has 1 aliphatic rings. The molecule has 0 aromatic heterocycles. The fraction of sp³-hybridized carbons (Fsp3) is 0.150. The summed E-state index contributed by atoms with van der Waals surface area (Å²) in [5.74, 6) is -0.749. The van der Waals surface area contributed by atoms with E-state index in [4.69, 9.17) is 11.6 Å². The van der Waals surface area contributed by atoms with E-state index in [-0.39, 0.29) is 28.9 Å². The third-order valence-corrected chi connectivity index (χ3v) is 6.89. The normalized spacial score (nSPS) is 17.9. The lowest BCUT2D eigenvalue weighted by Gasteiger charge is -2.13. The van der Waals surface area contributed by atoms with Crippen molar-refractivity contribution in [3.63, 3.8) is 0 Å². The van der Waals surface area contributed by atoms with Crippen LogP contribution in [-0.2, 0) is 19.6 Å². The Kier molecular flexibility index (Phi) is 6.96. The van der Waals surface area contributed by atoms with Crippen LogP contribution in [0.15, 0.2) is 76.5 Å². The minimum absolute atomic E-state index is 0.00682. The Balaban J connectivity index is 1.80.